The molecule has 3 heterocycles. The third-order valence-electron chi connectivity index (χ3n) is 8.66. The van der Waals surface area contributed by atoms with Crippen molar-refractivity contribution in [2.45, 2.75) is 7.43 Å². The highest BCUT2D eigenvalue weighted by molar-refractivity contribution is 9.11. The highest BCUT2D eigenvalue weighted by Crippen LogP contribution is 2.25. The van der Waals surface area contributed by atoms with Gasteiger partial charge >= 0.3 is 5.97 Å². The van der Waals surface area contributed by atoms with Gasteiger partial charge in [0.1, 0.15) is 19.0 Å². The van der Waals surface area contributed by atoms with E-state index in [0.717, 1.165) is 58.1 Å². The van der Waals surface area contributed by atoms with E-state index in [2.05, 4.69) is 84.1 Å². The Morgan fingerprint density at radius 2 is 0.875 bits per heavy atom. The summed E-state index contributed by atoms with van der Waals surface area (Å²) in [6.45, 7) is 0. The molecule has 1 amide bonds. The van der Waals surface area contributed by atoms with Gasteiger partial charge < -0.3 is 22.5 Å². The predicted molar refractivity (Wildman–Crippen MR) is 267 cm³/mol. The van der Waals surface area contributed by atoms with E-state index in [1.165, 1.54) is 0 Å². The number of aromatic carboxylic acids is 1. The summed E-state index contributed by atoms with van der Waals surface area (Å²) in [6, 6.07) is 39.1. The van der Waals surface area contributed by atoms with Crippen LogP contribution in [0.3, 0.4) is 0 Å². The van der Waals surface area contributed by atoms with Gasteiger partial charge in [0.25, 0.3) is 5.24 Å². The van der Waals surface area contributed by atoms with Crippen molar-refractivity contribution in [2.24, 2.45) is 5.73 Å². The first-order valence-corrected chi connectivity index (χ1v) is 22.9. The van der Waals surface area contributed by atoms with Crippen LogP contribution in [0.4, 0.5) is 0 Å². The second-order valence-corrected chi connectivity index (χ2v) is 18.1. The molecule has 9 aromatic rings. The number of primary amides is 1. The fourth-order valence-electron chi connectivity index (χ4n) is 5.94. The number of benzene rings is 6. The number of nitrogens with two attached hydrogens (primary N) is 1. The van der Waals surface area contributed by atoms with Crippen molar-refractivity contribution in [1.82, 2.24) is 34.8 Å². The number of carboxylic acid groups (broad SMARTS) is 1. The Hall–Kier alpha value is -5.28. The zero-order chi connectivity index (χ0) is 43.8. The molecule has 0 bridgehead atoms. The van der Waals surface area contributed by atoms with E-state index in [9.17, 15) is 14.4 Å². The molecule has 0 unspecified atom stereocenters. The molecule has 0 saturated carbocycles. The van der Waals surface area contributed by atoms with E-state index in [0.29, 0.717) is 16.6 Å². The molecule has 8 N–H and O–H groups in total. The summed E-state index contributed by atoms with van der Waals surface area (Å²) in [7, 11) is 7.36. The molecule has 0 saturated heterocycles. The summed E-state index contributed by atoms with van der Waals surface area (Å²) < 4.78 is 17.9. The van der Waals surface area contributed by atoms with E-state index in [4.69, 9.17) is 26.7 Å². The van der Waals surface area contributed by atoms with Crippen LogP contribution in [0.1, 0.15) is 38.5 Å². The lowest BCUT2D eigenvalue weighted by Crippen LogP contribution is -2.10. The molecule has 64 heavy (non-hydrogen) atoms. The zero-order valence-corrected chi connectivity index (χ0v) is 39.9. The third-order valence-corrected chi connectivity index (χ3v) is 10.4. The van der Waals surface area contributed by atoms with Crippen molar-refractivity contribution in [1.29, 1.82) is 0 Å². The number of carbonyl (C=O) groups excluding carboxylic acids is 2. The predicted octanol–water partition coefficient (Wildman–Crippen LogP) is 11.6. The van der Waals surface area contributed by atoms with Gasteiger partial charge in [-0.3, -0.25) is 23.3 Å². The van der Waals surface area contributed by atoms with E-state index in [-0.39, 0.29) is 24.6 Å². The van der Waals surface area contributed by atoms with E-state index < -0.39 is 26.3 Å². The molecule has 332 valence electrons. The van der Waals surface area contributed by atoms with Crippen LogP contribution in [0.15, 0.2) is 160 Å². The maximum atomic E-state index is 11.1. The van der Waals surface area contributed by atoms with Crippen LogP contribution >= 0.6 is 80.8 Å². The molecule has 0 aliphatic carbocycles. The molecule has 0 radical (unpaired) electrons. The fourth-order valence-corrected chi connectivity index (χ4v) is 7.22. The van der Waals surface area contributed by atoms with Crippen LogP contribution in [0, 0.1) is 0 Å². The number of fused-ring (bicyclic) bond motifs is 3. The Kier molecular flexibility index (Phi) is 20.0. The molecule has 0 aliphatic rings. The third kappa shape index (κ3) is 13.4. The second-order valence-electron chi connectivity index (χ2n) is 12.5. The van der Waals surface area contributed by atoms with Crippen LogP contribution < -0.4 is 11.9 Å². The minimum Gasteiger partial charge on any atom is -0.478 e. The van der Waals surface area contributed by atoms with Crippen LogP contribution in [-0.2, 0) is 9.23 Å². The summed E-state index contributed by atoms with van der Waals surface area (Å²) in [5, 5.41) is 8.49. The topological polar surface area (TPSA) is 234 Å². The van der Waals surface area contributed by atoms with Crippen molar-refractivity contribution < 1.29 is 29.2 Å². The van der Waals surface area contributed by atoms with Crippen LogP contribution in [0.5, 0.6) is 0 Å². The maximum absolute atomic E-state index is 11.1. The summed E-state index contributed by atoms with van der Waals surface area (Å²) in [6.07, 6.45) is 5.16. The summed E-state index contributed by atoms with van der Waals surface area (Å²) in [4.78, 5) is 46.1. The van der Waals surface area contributed by atoms with Gasteiger partial charge in [-0.25, -0.2) is 24.0 Å². The molecule has 9 rings (SSSR count). The van der Waals surface area contributed by atoms with Crippen molar-refractivity contribution in [3.05, 3.63) is 176 Å². The lowest BCUT2D eigenvalue weighted by Gasteiger charge is -2.05. The number of hydrogen-bond acceptors (Lipinski definition) is 8. The number of amides is 1. The first-order chi connectivity index (χ1) is 29.2. The summed E-state index contributed by atoms with van der Waals surface area (Å²) in [5.74, 6) is -1.39. The number of carboxylic acids is 1. The van der Waals surface area contributed by atoms with Gasteiger partial charge in [-0.15, -0.1) is 0 Å². The van der Waals surface area contributed by atoms with Crippen molar-refractivity contribution >= 4 is 140 Å². The van der Waals surface area contributed by atoms with Crippen molar-refractivity contribution in [2.75, 3.05) is 0 Å². The molecular weight excluding hydrogens is 1100 g/mol. The first-order valence-electron chi connectivity index (χ1n) is 17.3. The Bertz CT molecular complexity index is 2790. The number of nitrogens with zero attached hydrogens (tertiary/aromatic N) is 6. The Labute approximate surface area is 407 Å². The minimum atomic E-state index is -1.67. The van der Waals surface area contributed by atoms with Gasteiger partial charge in [0.2, 0.25) is 15.1 Å². The van der Waals surface area contributed by atoms with E-state index in [1.807, 2.05) is 98.6 Å². The molecular formula is C43H36Br3Cl3N8O6S. The number of halogens is 6. The molecule has 14 nitrogen and oxygen atoms in total. The monoisotopic (exact) mass is 1130 g/mol. The largest absolute Gasteiger partial charge is 0.478 e. The number of aromatic nitrogens is 6. The fraction of sp³-hybridized carbons (Fsp3) is 0.0233. The van der Waals surface area contributed by atoms with Crippen LogP contribution in [0.2, 0.25) is 0 Å². The van der Waals surface area contributed by atoms with Crippen molar-refractivity contribution in [3.8, 4) is 17.1 Å². The maximum Gasteiger partial charge on any atom is 0.335 e. The van der Waals surface area contributed by atoms with Gasteiger partial charge in [0.15, 0.2) is 0 Å². The number of imidazole rings is 3. The Morgan fingerprint density at radius 3 is 1.19 bits per heavy atom. The lowest BCUT2D eigenvalue weighted by atomic mass is 10.2. The summed E-state index contributed by atoms with van der Waals surface area (Å²) in [5.41, 5.74) is 14.3. The van der Waals surface area contributed by atoms with Crippen LogP contribution in [-0.4, -0.2) is 60.6 Å². The van der Waals surface area contributed by atoms with E-state index in [1.54, 1.807) is 61.4 Å². The number of carbonyl (C=O) groups is 3. The highest BCUT2D eigenvalue weighted by Gasteiger charge is 2.11. The molecule has 21 heteroatoms. The average Bonchev–Trinajstić information content (AvgIpc) is 3.97. The molecule has 0 fully saturated rings. The Balaban J connectivity index is 0.000000239. The average molecular weight is 1140 g/mol. The van der Waals surface area contributed by atoms with Gasteiger partial charge in [-0.05, 0) is 121 Å². The van der Waals surface area contributed by atoms with Gasteiger partial charge in [0, 0.05) is 63.0 Å². The number of rotatable bonds is 6. The minimum absolute atomic E-state index is 0. The quantitative estimate of drug-likeness (QED) is 0.134. The van der Waals surface area contributed by atoms with Crippen molar-refractivity contribution in [3.63, 3.8) is 0 Å². The molecule has 0 atom stereocenters. The zero-order valence-electron chi connectivity index (χ0n) is 32.1. The lowest BCUT2D eigenvalue weighted by molar-refractivity contribution is 0.0696. The highest BCUT2D eigenvalue weighted by atomic mass is 79.9. The van der Waals surface area contributed by atoms with Crippen LogP contribution in [0.25, 0.3) is 50.2 Å². The Morgan fingerprint density at radius 1 is 0.562 bits per heavy atom. The smallest absolute Gasteiger partial charge is 0.335 e. The second kappa shape index (κ2) is 24.1. The van der Waals surface area contributed by atoms with Gasteiger partial charge in [-0.1, -0.05) is 73.4 Å². The molecule has 3 aromatic heterocycles. The first kappa shape index (κ1) is 53.1. The normalized spacial score (nSPS) is 10.2. The SMILES string of the molecule is C.N.NC(=O)c1ccc2c(c1)ncn2-c1cccc(Br)c1.O.O=C(Cl)c1ccc2c(c1)ncn2-c1cccc(Br)c1.O=C(O)c1ccc2c(c1)ncn2-c1cccc(Br)c1.O=S(Cl)Cl. The molecule has 0 aliphatic heterocycles. The standard InChI is InChI=1S/C14H8BrClN2O.C14H10BrN3O.C14H9BrN2O2.CH4.Cl2OS.H3N.H2O/c2*15-10-2-1-3-11(7-10)18-8-17-12-6-9(14(16)19)4-5-13(12)18;15-10-2-1-3-11(7-10)17-8-16-12-6-9(14(18)19)4-5-13(12)17;;1-4(2)3;;/h1-8H;1-8H,(H2,16,19);1-8H,(H,18,19);1H4;;1H3;1H2. The van der Waals surface area contributed by atoms with E-state index >= 15 is 0 Å². The van der Waals surface area contributed by atoms with Gasteiger partial charge in [0.05, 0.1) is 38.7 Å². The molecule has 0 spiro atoms. The molecule has 6 aromatic carbocycles. The summed E-state index contributed by atoms with van der Waals surface area (Å²) >= 11 is 15.8. The number of hydrogen-bond donors (Lipinski definition) is 3. The van der Waals surface area contributed by atoms with Gasteiger partial charge in [-0.2, -0.15) is 0 Å².